The van der Waals surface area contributed by atoms with Crippen molar-refractivity contribution in [1.29, 1.82) is 0 Å². The van der Waals surface area contributed by atoms with E-state index in [2.05, 4.69) is 38.2 Å². The Morgan fingerprint density at radius 2 is 2.05 bits per heavy atom. The van der Waals surface area contributed by atoms with Crippen LogP contribution in [0.3, 0.4) is 0 Å². The number of hydrogen-bond donors (Lipinski definition) is 1. The summed E-state index contributed by atoms with van der Waals surface area (Å²) in [7, 11) is 0. The van der Waals surface area contributed by atoms with Crippen molar-refractivity contribution in [3.05, 3.63) is 53.5 Å². The summed E-state index contributed by atoms with van der Waals surface area (Å²) >= 11 is 0. The van der Waals surface area contributed by atoms with Gasteiger partial charge in [-0.3, -0.25) is 0 Å². The zero-order valence-electron chi connectivity index (χ0n) is 13.2. The molecule has 114 valence electrons. The van der Waals surface area contributed by atoms with Crippen LogP contribution in [0.15, 0.2) is 41.0 Å². The Balaban J connectivity index is 1.91. The number of furan rings is 1. The molecule has 1 heterocycles. The maximum Gasteiger partial charge on any atom is 0.146 e. The first-order chi connectivity index (χ1) is 10.2. The fourth-order valence-electron chi connectivity index (χ4n) is 2.24. The standard InChI is InChI=1S/C18H25NO2/c1-4-9-19-11-15-10-16(20-12-15)13-21-18-8-6-5-7-17(18)14(2)3/h5-8,10,12,14,19H,4,9,11,13H2,1-3H3. The summed E-state index contributed by atoms with van der Waals surface area (Å²) in [6.45, 7) is 8.85. The van der Waals surface area contributed by atoms with Crippen molar-refractivity contribution in [3.8, 4) is 5.75 Å². The number of rotatable bonds is 8. The molecule has 21 heavy (non-hydrogen) atoms. The Labute approximate surface area is 127 Å². The van der Waals surface area contributed by atoms with Gasteiger partial charge in [0.05, 0.1) is 6.26 Å². The summed E-state index contributed by atoms with van der Waals surface area (Å²) in [5.74, 6) is 2.25. The minimum Gasteiger partial charge on any atom is -0.485 e. The highest BCUT2D eigenvalue weighted by atomic mass is 16.5. The van der Waals surface area contributed by atoms with Gasteiger partial charge in [-0.05, 0) is 36.6 Å². The zero-order chi connectivity index (χ0) is 15.1. The second-order valence-electron chi connectivity index (χ2n) is 5.58. The van der Waals surface area contributed by atoms with Crippen LogP contribution < -0.4 is 10.1 Å². The van der Waals surface area contributed by atoms with Gasteiger partial charge in [-0.25, -0.2) is 0 Å². The normalized spacial score (nSPS) is 11.0. The molecule has 3 nitrogen and oxygen atoms in total. The van der Waals surface area contributed by atoms with Crippen molar-refractivity contribution in [3.63, 3.8) is 0 Å². The van der Waals surface area contributed by atoms with Crippen molar-refractivity contribution in [1.82, 2.24) is 5.32 Å². The summed E-state index contributed by atoms with van der Waals surface area (Å²) < 4.78 is 11.5. The molecule has 1 N–H and O–H groups in total. The van der Waals surface area contributed by atoms with Gasteiger partial charge in [0.1, 0.15) is 18.1 Å². The third-order valence-corrected chi connectivity index (χ3v) is 3.37. The molecule has 0 atom stereocenters. The van der Waals surface area contributed by atoms with E-state index >= 15 is 0 Å². The molecule has 0 unspecified atom stereocenters. The van der Waals surface area contributed by atoms with E-state index in [1.807, 2.05) is 18.2 Å². The number of hydrogen-bond acceptors (Lipinski definition) is 3. The van der Waals surface area contributed by atoms with Gasteiger partial charge in [0.25, 0.3) is 0 Å². The van der Waals surface area contributed by atoms with Gasteiger partial charge in [-0.15, -0.1) is 0 Å². The van der Waals surface area contributed by atoms with E-state index < -0.39 is 0 Å². The molecular formula is C18H25NO2. The lowest BCUT2D eigenvalue weighted by Gasteiger charge is -2.12. The predicted octanol–water partition coefficient (Wildman–Crippen LogP) is 4.48. The Kier molecular flexibility index (Phi) is 5.88. The van der Waals surface area contributed by atoms with Gasteiger partial charge in [-0.1, -0.05) is 39.0 Å². The summed E-state index contributed by atoms with van der Waals surface area (Å²) in [4.78, 5) is 0. The van der Waals surface area contributed by atoms with Crippen LogP contribution in [0.25, 0.3) is 0 Å². The van der Waals surface area contributed by atoms with Crippen molar-refractivity contribution >= 4 is 0 Å². The molecule has 1 aromatic heterocycles. The van der Waals surface area contributed by atoms with Crippen LogP contribution in [0.2, 0.25) is 0 Å². The fraction of sp³-hybridized carbons (Fsp3) is 0.444. The molecule has 0 saturated carbocycles. The lowest BCUT2D eigenvalue weighted by Crippen LogP contribution is -2.13. The molecule has 0 bridgehead atoms. The summed E-state index contributed by atoms with van der Waals surface area (Å²) in [6, 6.07) is 10.2. The lowest BCUT2D eigenvalue weighted by atomic mass is 10.0. The van der Waals surface area contributed by atoms with Gasteiger partial charge in [-0.2, -0.15) is 0 Å². The molecule has 0 spiro atoms. The smallest absolute Gasteiger partial charge is 0.146 e. The highest BCUT2D eigenvalue weighted by Gasteiger charge is 2.08. The van der Waals surface area contributed by atoms with Crippen LogP contribution in [-0.2, 0) is 13.2 Å². The maximum atomic E-state index is 5.91. The molecule has 0 fully saturated rings. The minimum atomic E-state index is 0.451. The first-order valence-corrected chi connectivity index (χ1v) is 7.69. The molecule has 0 radical (unpaired) electrons. The van der Waals surface area contributed by atoms with E-state index in [1.165, 1.54) is 11.1 Å². The minimum absolute atomic E-state index is 0.451. The zero-order valence-corrected chi connectivity index (χ0v) is 13.2. The van der Waals surface area contributed by atoms with E-state index in [1.54, 1.807) is 6.26 Å². The van der Waals surface area contributed by atoms with E-state index in [-0.39, 0.29) is 0 Å². The van der Waals surface area contributed by atoms with Crippen LogP contribution >= 0.6 is 0 Å². The van der Waals surface area contributed by atoms with Crippen LogP contribution in [0.5, 0.6) is 5.75 Å². The Bertz CT molecular complexity index is 546. The molecule has 0 saturated heterocycles. The third-order valence-electron chi connectivity index (χ3n) is 3.37. The molecule has 2 rings (SSSR count). The molecule has 3 heteroatoms. The topological polar surface area (TPSA) is 34.4 Å². The second kappa shape index (κ2) is 7.89. The average molecular weight is 287 g/mol. The fourth-order valence-corrected chi connectivity index (χ4v) is 2.24. The summed E-state index contributed by atoms with van der Waals surface area (Å²) in [5.41, 5.74) is 2.40. The van der Waals surface area contributed by atoms with Gasteiger partial charge in [0, 0.05) is 12.1 Å². The van der Waals surface area contributed by atoms with E-state index in [4.69, 9.17) is 9.15 Å². The van der Waals surface area contributed by atoms with E-state index in [9.17, 15) is 0 Å². The molecular weight excluding hydrogens is 262 g/mol. The Morgan fingerprint density at radius 1 is 1.24 bits per heavy atom. The Hall–Kier alpha value is -1.74. The van der Waals surface area contributed by atoms with Crippen molar-refractivity contribution in [2.45, 2.75) is 46.3 Å². The molecule has 0 aliphatic heterocycles. The number of nitrogens with one attached hydrogen (secondary N) is 1. The van der Waals surface area contributed by atoms with Crippen LogP contribution in [-0.4, -0.2) is 6.54 Å². The molecule has 0 amide bonds. The SMILES string of the molecule is CCCNCc1coc(COc2ccccc2C(C)C)c1. The number of benzene rings is 1. The van der Waals surface area contributed by atoms with Gasteiger partial charge in [0.2, 0.25) is 0 Å². The first kappa shape index (κ1) is 15.6. The highest BCUT2D eigenvalue weighted by molar-refractivity contribution is 5.35. The molecule has 0 aliphatic rings. The third kappa shape index (κ3) is 4.64. The van der Waals surface area contributed by atoms with Crippen LogP contribution in [0, 0.1) is 0 Å². The maximum absolute atomic E-state index is 5.91. The highest BCUT2D eigenvalue weighted by Crippen LogP contribution is 2.26. The lowest BCUT2D eigenvalue weighted by molar-refractivity contribution is 0.267. The molecule has 0 aliphatic carbocycles. The molecule has 1 aromatic carbocycles. The van der Waals surface area contributed by atoms with Gasteiger partial charge in [0.15, 0.2) is 0 Å². The second-order valence-corrected chi connectivity index (χ2v) is 5.58. The predicted molar refractivity (Wildman–Crippen MR) is 85.6 cm³/mol. The largest absolute Gasteiger partial charge is 0.485 e. The average Bonchev–Trinajstić information content (AvgIpc) is 2.93. The van der Waals surface area contributed by atoms with Crippen LogP contribution in [0.1, 0.15) is 50.0 Å². The monoisotopic (exact) mass is 287 g/mol. The van der Waals surface area contributed by atoms with Gasteiger partial charge < -0.3 is 14.5 Å². The van der Waals surface area contributed by atoms with Gasteiger partial charge >= 0.3 is 0 Å². The number of para-hydroxylation sites is 1. The summed E-state index contributed by atoms with van der Waals surface area (Å²) in [5, 5.41) is 3.36. The van der Waals surface area contributed by atoms with E-state index in [0.717, 1.165) is 31.0 Å². The summed E-state index contributed by atoms with van der Waals surface area (Å²) in [6.07, 6.45) is 2.94. The van der Waals surface area contributed by atoms with Crippen molar-refractivity contribution < 1.29 is 9.15 Å². The Morgan fingerprint density at radius 3 is 2.81 bits per heavy atom. The van der Waals surface area contributed by atoms with Crippen molar-refractivity contribution in [2.24, 2.45) is 0 Å². The van der Waals surface area contributed by atoms with Crippen molar-refractivity contribution in [2.75, 3.05) is 6.54 Å². The van der Waals surface area contributed by atoms with E-state index in [0.29, 0.717) is 12.5 Å². The molecule has 2 aromatic rings. The first-order valence-electron chi connectivity index (χ1n) is 7.69. The number of ether oxygens (including phenoxy) is 1. The van der Waals surface area contributed by atoms with Crippen LogP contribution in [0.4, 0.5) is 0 Å². The quantitative estimate of drug-likeness (QED) is 0.727.